The minimum Gasteiger partial charge on any atom is -0.479 e. The number of benzene rings is 1. The minimum absolute atomic E-state index is 0.0527. The van der Waals surface area contributed by atoms with Crippen LogP contribution < -0.4 is 15.0 Å². The molecule has 0 fully saturated rings. The normalized spacial score (nSPS) is 14.2. The first kappa shape index (κ1) is 11.7. The van der Waals surface area contributed by atoms with Gasteiger partial charge in [0, 0.05) is 20.2 Å². The summed E-state index contributed by atoms with van der Waals surface area (Å²) in [6.07, 6.45) is 0.564. The molecule has 1 aliphatic heterocycles. The van der Waals surface area contributed by atoms with Crippen molar-refractivity contribution in [1.29, 1.82) is 0 Å². The summed E-state index contributed by atoms with van der Waals surface area (Å²) in [4.78, 5) is 13.4. The number of ether oxygens (including phenoxy) is 1. The standard InChI is InChI=1S/C12H16N2O3/c1-13-9-4-2-5-10-12(9)17-8-11(16)14(10)6-3-7-15/h2,4-5,13,15H,3,6-8H2,1H3. The molecular formula is C12H16N2O3. The molecule has 0 saturated carbocycles. The van der Waals surface area contributed by atoms with Gasteiger partial charge in [-0.15, -0.1) is 0 Å². The van der Waals surface area contributed by atoms with Crippen molar-refractivity contribution in [1.82, 2.24) is 0 Å². The molecule has 0 aromatic heterocycles. The highest BCUT2D eigenvalue weighted by molar-refractivity contribution is 5.99. The maximum absolute atomic E-state index is 11.8. The van der Waals surface area contributed by atoms with Gasteiger partial charge in [-0.1, -0.05) is 6.07 Å². The van der Waals surface area contributed by atoms with Crippen LogP contribution in [0.1, 0.15) is 6.42 Å². The number of aliphatic hydroxyl groups is 1. The molecule has 5 heteroatoms. The molecule has 2 rings (SSSR count). The van der Waals surface area contributed by atoms with Crippen LogP contribution in [0.5, 0.6) is 5.75 Å². The third-order valence-electron chi connectivity index (χ3n) is 2.74. The van der Waals surface area contributed by atoms with E-state index in [9.17, 15) is 4.79 Å². The number of nitrogens with one attached hydrogen (secondary N) is 1. The van der Waals surface area contributed by atoms with E-state index in [1.54, 1.807) is 4.90 Å². The topological polar surface area (TPSA) is 61.8 Å². The molecule has 1 amide bonds. The highest BCUT2D eigenvalue weighted by atomic mass is 16.5. The number of aliphatic hydroxyl groups excluding tert-OH is 1. The highest BCUT2D eigenvalue weighted by Crippen LogP contribution is 2.38. The number of para-hydroxylation sites is 1. The second-order valence-corrected chi connectivity index (χ2v) is 3.82. The lowest BCUT2D eigenvalue weighted by Crippen LogP contribution is -2.39. The Hall–Kier alpha value is -1.75. The van der Waals surface area contributed by atoms with E-state index in [1.165, 1.54) is 0 Å². The van der Waals surface area contributed by atoms with Crippen molar-refractivity contribution in [3.63, 3.8) is 0 Å². The van der Waals surface area contributed by atoms with Crippen molar-refractivity contribution in [2.24, 2.45) is 0 Å². The van der Waals surface area contributed by atoms with Gasteiger partial charge in [-0.2, -0.15) is 0 Å². The molecule has 0 aliphatic carbocycles. The molecular weight excluding hydrogens is 220 g/mol. The first-order chi connectivity index (χ1) is 8.27. The second kappa shape index (κ2) is 5.05. The molecule has 1 heterocycles. The van der Waals surface area contributed by atoms with E-state index in [2.05, 4.69) is 5.32 Å². The molecule has 1 aromatic carbocycles. The number of hydrogen-bond acceptors (Lipinski definition) is 4. The van der Waals surface area contributed by atoms with Crippen molar-refractivity contribution in [3.05, 3.63) is 18.2 Å². The number of anilines is 2. The van der Waals surface area contributed by atoms with Gasteiger partial charge in [-0.25, -0.2) is 0 Å². The largest absolute Gasteiger partial charge is 0.479 e. The molecule has 0 spiro atoms. The average Bonchev–Trinajstić information content (AvgIpc) is 2.36. The van der Waals surface area contributed by atoms with Gasteiger partial charge in [0.05, 0.1) is 11.4 Å². The van der Waals surface area contributed by atoms with E-state index >= 15 is 0 Å². The number of nitrogens with zero attached hydrogens (tertiary/aromatic N) is 1. The van der Waals surface area contributed by atoms with Gasteiger partial charge in [0.1, 0.15) is 0 Å². The lowest BCUT2D eigenvalue weighted by atomic mass is 10.2. The van der Waals surface area contributed by atoms with Crippen LogP contribution in [0, 0.1) is 0 Å². The summed E-state index contributed by atoms with van der Waals surface area (Å²) < 4.78 is 5.45. The van der Waals surface area contributed by atoms with Gasteiger partial charge in [-0.05, 0) is 18.6 Å². The average molecular weight is 236 g/mol. The van der Waals surface area contributed by atoms with Crippen LogP contribution in [0.3, 0.4) is 0 Å². The van der Waals surface area contributed by atoms with E-state index in [-0.39, 0.29) is 19.1 Å². The monoisotopic (exact) mass is 236 g/mol. The van der Waals surface area contributed by atoms with Crippen molar-refractivity contribution in [3.8, 4) is 5.75 Å². The van der Waals surface area contributed by atoms with Crippen molar-refractivity contribution < 1.29 is 14.6 Å². The number of amides is 1. The van der Waals surface area contributed by atoms with Gasteiger partial charge in [-0.3, -0.25) is 4.79 Å². The summed E-state index contributed by atoms with van der Waals surface area (Å²) in [6.45, 7) is 0.641. The summed E-state index contributed by atoms with van der Waals surface area (Å²) in [5.41, 5.74) is 1.63. The summed E-state index contributed by atoms with van der Waals surface area (Å²) in [5, 5.41) is 11.9. The summed E-state index contributed by atoms with van der Waals surface area (Å²) in [5.74, 6) is 0.631. The molecule has 17 heavy (non-hydrogen) atoms. The Kier molecular flexibility index (Phi) is 3.49. The molecule has 1 aromatic rings. The van der Waals surface area contributed by atoms with E-state index in [1.807, 2.05) is 25.2 Å². The maximum atomic E-state index is 11.8. The minimum atomic E-state index is -0.0702. The number of fused-ring (bicyclic) bond motifs is 1. The van der Waals surface area contributed by atoms with Gasteiger partial charge < -0.3 is 20.1 Å². The van der Waals surface area contributed by atoms with Crippen LogP contribution >= 0.6 is 0 Å². The molecule has 0 radical (unpaired) electrons. The quantitative estimate of drug-likeness (QED) is 0.813. The Morgan fingerprint density at radius 3 is 3.06 bits per heavy atom. The zero-order chi connectivity index (χ0) is 12.3. The first-order valence-corrected chi connectivity index (χ1v) is 5.62. The van der Waals surface area contributed by atoms with Crippen LogP contribution in [-0.4, -0.2) is 37.8 Å². The SMILES string of the molecule is CNc1cccc2c1OCC(=O)N2CCCO. The lowest BCUT2D eigenvalue weighted by Gasteiger charge is -2.30. The fourth-order valence-corrected chi connectivity index (χ4v) is 1.91. The van der Waals surface area contributed by atoms with Gasteiger partial charge in [0.2, 0.25) is 0 Å². The van der Waals surface area contributed by atoms with E-state index in [4.69, 9.17) is 9.84 Å². The molecule has 0 saturated heterocycles. The summed E-state index contributed by atoms with van der Waals surface area (Å²) >= 11 is 0. The highest BCUT2D eigenvalue weighted by Gasteiger charge is 2.26. The van der Waals surface area contributed by atoms with E-state index < -0.39 is 0 Å². The van der Waals surface area contributed by atoms with Crippen LogP contribution in [-0.2, 0) is 4.79 Å². The Labute approximate surface area is 100.0 Å². The molecule has 0 atom stereocenters. The van der Waals surface area contributed by atoms with Gasteiger partial charge >= 0.3 is 0 Å². The van der Waals surface area contributed by atoms with Crippen LogP contribution in [0.2, 0.25) is 0 Å². The Balaban J connectivity index is 2.34. The molecule has 5 nitrogen and oxygen atoms in total. The van der Waals surface area contributed by atoms with Crippen molar-refractivity contribution in [2.75, 3.05) is 37.0 Å². The molecule has 1 aliphatic rings. The molecule has 0 bridgehead atoms. The van der Waals surface area contributed by atoms with Gasteiger partial charge in [0.15, 0.2) is 12.4 Å². The van der Waals surface area contributed by atoms with Crippen molar-refractivity contribution >= 4 is 17.3 Å². The maximum Gasteiger partial charge on any atom is 0.265 e. The van der Waals surface area contributed by atoms with Gasteiger partial charge in [0.25, 0.3) is 5.91 Å². The molecule has 2 N–H and O–H groups in total. The Morgan fingerprint density at radius 1 is 1.53 bits per heavy atom. The molecule has 0 unspecified atom stereocenters. The predicted octanol–water partition coefficient (Wildman–Crippen LogP) is 0.836. The fraction of sp³-hybridized carbons (Fsp3) is 0.417. The second-order valence-electron chi connectivity index (χ2n) is 3.82. The third-order valence-corrected chi connectivity index (χ3v) is 2.74. The van der Waals surface area contributed by atoms with E-state index in [0.717, 1.165) is 11.4 Å². The van der Waals surface area contributed by atoms with Crippen molar-refractivity contribution in [2.45, 2.75) is 6.42 Å². The molecule has 92 valence electrons. The number of rotatable bonds is 4. The number of carbonyl (C=O) groups is 1. The third kappa shape index (κ3) is 2.19. The fourth-order valence-electron chi connectivity index (χ4n) is 1.91. The number of hydrogen-bond donors (Lipinski definition) is 2. The van der Waals surface area contributed by atoms with E-state index in [0.29, 0.717) is 18.7 Å². The zero-order valence-corrected chi connectivity index (χ0v) is 9.77. The predicted molar refractivity (Wildman–Crippen MR) is 65.5 cm³/mol. The summed E-state index contributed by atoms with van der Waals surface area (Å²) in [7, 11) is 1.81. The number of carbonyl (C=O) groups excluding carboxylic acids is 1. The zero-order valence-electron chi connectivity index (χ0n) is 9.77. The summed E-state index contributed by atoms with van der Waals surface area (Å²) in [6, 6.07) is 5.63. The smallest absolute Gasteiger partial charge is 0.265 e. The Morgan fingerprint density at radius 2 is 2.35 bits per heavy atom. The van der Waals surface area contributed by atoms with Crippen LogP contribution in [0.15, 0.2) is 18.2 Å². The van der Waals surface area contributed by atoms with Crippen LogP contribution in [0.4, 0.5) is 11.4 Å². The van der Waals surface area contributed by atoms with Crippen LogP contribution in [0.25, 0.3) is 0 Å². The lowest BCUT2D eigenvalue weighted by molar-refractivity contribution is -0.121. The Bertz CT molecular complexity index is 420. The first-order valence-electron chi connectivity index (χ1n) is 5.62.